The van der Waals surface area contributed by atoms with E-state index in [4.69, 9.17) is 10.1 Å². The van der Waals surface area contributed by atoms with Crippen LogP contribution in [0.5, 0.6) is 0 Å². The molecule has 0 bridgehead atoms. The minimum atomic E-state index is 0.0229. The average molecular weight is 394 g/mol. The third-order valence-electron chi connectivity index (χ3n) is 7.35. The standard InChI is InChI=1S/C23H31N5O/c1-2-9-20(29)27-19-12-5-4-11-18(19)23(13-6-3-7-14-23)28-22(27)25-21(26-28)17-10-8-15-24-16-17/h8,10,15-16,18-19H,2-7,9,11-14H2,1H3/t18-,19+/m1/s1. The van der Waals surface area contributed by atoms with Gasteiger partial charge in [-0.15, -0.1) is 5.10 Å². The Morgan fingerprint density at radius 3 is 2.76 bits per heavy atom. The molecule has 2 atom stereocenters. The first-order valence-corrected chi connectivity index (χ1v) is 11.4. The van der Waals surface area contributed by atoms with Crippen LogP contribution in [0.2, 0.25) is 0 Å². The van der Waals surface area contributed by atoms with Crippen LogP contribution in [-0.2, 0) is 10.3 Å². The van der Waals surface area contributed by atoms with Gasteiger partial charge in [-0.05, 0) is 44.2 Å². The van der Waals surface area contributed by atoms with Crippen molar-refractivity contribution in [2.45, 2.75) is 89.1 Å². The minimum Gasteiger partial charge on any atom is -0.277 e. The van der Waals surface area contributed by atoms with E-state index in [1.165, 1.54) is 38.5 Å². The Morgan fingerprint density at radius 2 is 2.00 bits per heavy atom. The minimum absolute atomic E-state index is 0.0229. The van der Waals surface area contributed by atoms with E-state index in [1.807, 2.05) is 23.2 Å². The van der Waals surface area contributed by atoms with Crippen LogP contribution >= 0.6 is 0 Å². The Hall–Kier alpha value is -2.24. The van der Waals surface area contributed by atoms with Crippen molar-refractivity contribution in [1.29, 1.82) is 0 Å². The smallest absolute Gasteiger partial charge is 0.231 e. The Bertz CT molecular complexity index is 871. The second-order valence-corrected chi connectivity index (χ2v) is 9.03. The first-order valence-electron chi connectivity index (χ1n) is 11.4. The molecule has 0 saturated heterocycles. The van der Waals surface area contributed by atoms with Crippen molar-refractivity contribution in [2.24, 2.45) is 5.92 Å². The molecule has 154 valence electrons. The first-order chi connectivity index (χ1) is 14.2. The number of pyridine rings is 1. The number of rotatable bonds is 3. The van der Waals surface area contributed by atoms with E-state index in [0.29, 0.717) is 18.2 Å². The van der Waals surface area contributed by atoms with Crippen molar-refractivity contribution in [3.8, 4) is 11.4 Å². The number of hydrogen-bond donors (Lipinski definition) is 0. The molecule has 0 N–H and O–H groups in total. The van der Waals surface area contributed by atoms with E-state index >= 15 is 0 Å². The van der Waals surface area contributed by atoms with Crippen molar-refractivity contribution in [1.82, 2.24) is 19.7 Å². The molecule has 2 fully saturated rings. The van der Waals surface area contributed by atoms with Gasteiger partial charge in [-0.2, -0.15) is 4.98 Å². The molecule has 3 aliphatic rings. The van der Waals surface area contributed by atoms with E-state index in [2.05, 4.69) is 16.6 Å². The number of fused-ring (bicyclic) bond motifs is 4. The molecule has 2 aliphatic carbocycles. The zero-order valence-electron chi connectivity index (χ0n) is 17.4. The summed E-state index contributed by atoms with van der Waals surface area (Å²) < 4.78 is 2.19. The fourth-order valence-corrected chi connectivity index (χ4v) is 6.11. The zero-order valence-corrected chi connectivity index (χ0v) is 17.4. The monoisotopic (exact) mass is 393 g/mol. The molecule has 0 unspecified atom stereocenters. The Labute approximate surface area is 172 Å². The van der Waals surface area contributed by atoms with Gasteiger partial charge in [0.2, 0.25) is 11.9 Å². The average Bonchev–Trinajstić information content (AvgIpc) is 3.22. The van der Waals surface area contributed by atoms with Gasteiger partial charge < -0.3 is 0 Å². The fourth-order valence-electron chi connectivity index (χ4n) is 6.11. The highest BCUT2D eigenvalue weighted by molar-refractivity contribution is 5.93. The topological polar surface area (TPSA) is 63.9 Å². The number of aromatic nitrogens is 4. The molecule has 1 spiro atoms. The predicted molar refractivity (Wildman–Crippen MR) is 112 cm³/mol. The summed E-state index contributed by atoms with van der Waals surface area (Å²) in [5.74, 6) is 2.19. The number of nitrogens with zero attached hydrogens (tertiary/aromatic N) is 5. The predicted octanol–water partition coefficient (Wildman–Crippen LogP) is 4.71. The molecule has 6 nitrogen and oxygen atoms in total. The molecular formula is C23H31N5O. The van der Waals surface area contributed by atoms with E-state index in [0.717, 1.165) is 37.2 Å². The molecule has 1 aliphatic heterocycles. The number of hydrogen-bond acceptors (Lipinski definition) is 4. The lowest BCUT2D eigenvalue weighted by atomic mass is 9.64. The largest absolute Gasteiger partial charge is 0.277 e. The number of amides is 1. The highest BCUT2D eigenvalue weighted by Crippen LogP contribution is 2.53. The van der Waals surface area contributed by atoms with Crippen molar-refractivity contribution in [3.63, 3.8) is 0 Å². The highest BCUT2D eigenvalue weighted by Gasteiger charge is 2.54. The maximum Gasteiger partial charge on any atom is 0.231 e. The van der Waals surface area contributed by atoms with Gasteiger partial charge in [0.1, 0.15) is 0 Å². The van der Waals surface area contributed by atoms with Crippen molar-refractivity contribution in [2.75, 3.05) is 4.90 Å². The normalized spacial score (nSPS) is 25.5. The number of carbonyl (C=O) groups excluding carboxylic acids is 1. The van der Waals surface area contributed by atoms with Gasteiger partial charge in [0.15, 0.2) is 5.82 Å². The van der Waals surface area contributed by atoms with Crippen LogP contribution in [0.15, 0.2) is 24.5 Å². The van der Waals surface area contributed by atoms with Gasteiger partial charge in [0.25, 0.3) is 0 Å². The van der Waals surface area contributed by atoms with Crippen LogP contribution in [0, 0.1) is 5.92 Å². The second-order valence-electron chi connectivity index (χ2n) is 9.03. The van der Waals surface area contributed by atoms with Crippen LogP contribution in [0.25, 0.3) is 11.4 Å². The summed E-state index contributed by atoms with van der Waals surface area (Å²) in [7, 11) is 0. The van der Waals surface area contributed by atoms with E-state index in [-0.39, 0.29) is 17.5 Å². The van der Waals surface area contributed by atoms with Crippen molar-refractivity contribution >= 4 is 11.9 Å². The molecule has 2 saturated carbocycles. The quantitative estimate of drug-likeness (QED) is 0.758. The van der Waals surface area contributed by atoms with Crippen LogP contribution in [0.3, 0.4) is 0 Å². The van der Waals surface area contributed by atoms with Gasteiger partial charge in [-0.1, -0.05) is 39.0 Å². The van der Waals surface area contributed by atoms with Gasteiger partial charge in [-0.3, -0.25) is 14.7 Å². The third-order valence-corrected chi connectivity index (χ3v) is 7.35. The van der Waals surface area contributed by atoms with Crippen LogP contribution in [0.1, 0.15) is 77.6 Å². The SMILES string of the molecule is CCCC(=O)N1c2nc(-c3cccnc3)nn2C2(CCCCC2)[C@@H]2CCCC[C@@H]21. The third kappa shape index (κ3) is 2.99. The second kappa shape index (κ2) is 7.54. The first kappa shape index (κ1) is 18.8. The zero-order chi connectivity index (χ0) is 19.8. The van der Waals surface area contributed by atoms with Gasteiger partial charge in [0.05, 0.1) is 5.54 Å². The van der Waals surface area contributed by atoms with E-state index in [1.54, 1.807) is 6.20 Å². The lowest BCUT2D eigenvalue weighted by molar-refractivity contribution is -0.121. The molecule has 2 aromatic heterocycles. The summed E-state index contributed by atoms with van der Waals surface area (Å²) in [6, 6.07) is 4.21. The van der Waals surface area contributed by atoms with E-state index < -0.39 is 0 Å². The lowest BCUT2D eigenvalue weighted by Crippen LogP contribution is -2.61. The van der Waals surface area contributed by atoms with Gasteiger partial charge in [-0.25, -0.2) is 4.68 Å². The molecule has 6 heteroatoms. The van der Waals surface area contributed by atoms with Crippen LogP contribution in [0.4, 0.5) is 5.95 Å². The number of carbonyl (C=O) groups is 1. The Kier molecular flexibility index (Phi) is 4.88. The van der Waals surface area contributed by atoms with Gasteiger partial charge >= 0.3 is 0 Å². The molecule has 2 aromatic rings. The molecule has 3 heterocycles. The Balaban J connectivity index is 1.68. The number of anilines is 1. The van der Waals surface area contributed by atoms with Gasteiger partial charge in [0, 0.05) is 36.3 Å². The van der Waals surface area contributed by atoms with Crippen LogP contribution in [-0.4, -0.2) is 31.7 Å². The maximum absolute atomic E-state index is 13.3. The van der Waals surface area contributed by atoms with Crippen molar-refractivity contribution in [3.05, 3.63) is 24.5 Å². The molecule has 0 aromatic carbocycles. The van der Waals surface area contributed by atoms with E-state index in [9.17, 15) is 4.79 Å². The molecule has 5 rings (SSSR count). The summed E-state index contributed by atoms with van der Waals surface area (Å²) in [5, 5.41) is 5.05. The molecular weight excluding hydrogens is 362 g/mol. The molecule has 1 amide bonds. The summed E-state index contributed by atoms with van der Waals surface area (Å²) >= 11 is 0. The summed E-state index contributed by atoms with van der Waals surface area (Å²) in [4.78, 5) is 24.5. The highest BCUT2D eigenvalue weighted by atomic mass is 16.2. The Morgan fingerprint density at radius 1 is 1.17 bits per heavy atom. The summed E-state index contributed by atoms with van der Waals surface area (Å²) in [6.45, 7) is 2.08. The maximum atomic E-state index is 13.3. The lowest BCUT2D eigenvalue weighted by Gasteiger charge is -2.55. The summed E-state index contributed by atoms with van der Waals surface area (Å²) in [5.41, 5.74) is 0.945. The summed E-state index contributed by atoms with van der Waals surface area (Å²) in [6.07, 6.45) is 15.9. The van der Waals surface area contributed by atoms with Crippen molar-refractivity contribution < 1.29 is 4.79 Å². The fraction of sp³-hybridized carbons (Fsp3) is 0.652. The van der Waals surface area contributed by atoms with Crippen LogP contribution < -0.4 is 4.90 Å². The molecule has 0 radical (unpaired) electrons. The molecule has 29 heavy (non-hydrogen) atoms.